The number of carbonyl (C=O) groups is 3. The van der Waals surface area contributed by atoms with Gasteiger partial charge in [0, 0.05) is 41.2 Å². The second-order valence-electron chi connectivity index (χ2n) is 8.10. The van der Waals surface area contributed by atoms with E-state index in [1.54, 1.807) is 6.08 Å². The maximum atomic E-state index is 12.6. The Kier molecular flexibility index (Phi) is 6.12. The predicted octanol–water partition coefficient (Wildman–Crippen LogP) is 4.53. The molecule has 0 atom stereocenters. The molecule has 0 spiro atoms. The summed E-state index contributed by atoms with van der Waals surface area (Å²) in [5.74, 6) is -0.414. The van der Waals surface area contributed by atoms with Gasteiger partial charge in [-0.1, -0.05) is 22.0 Å². The van der Waals surface area contributed by atoms with Gasteiger partial charge in [-0.3, -0.25) is 19.4 Å². The molecular formula is C25H24BrN3O4. The molecule has 2 aromatic carbocycles. The molecule has 0 radical (unpaired) electrons. The molecule has 4 rings (SSSR count). The van der Waals surface area contributed by atoms with Gasteiger partial charge in [-0.15, -0.1) is 0 Å². The molecule has 0 unspecified atom stereocenters. The highest BCUT2D eigenvalue weighted by Gasteiger charge is 2.37. The summed E-state index contributed by atoms with van der Waals surface area (Å²) in [6.07, 6.45) is 3.45. The second kappa shape index (κ2) is 8.86. The number of ether oxygens (including phenoxy) is 1. The molecule has 0 N–H and O–H groups in total. The molecule has 1 aromatic heterocycles. The van der Waals surface area contributed by atoms with E-state index in [1.807, 2.05) is 47.2 Å². The molecular weight excluding hydrogens is 486 g/mol. The molecule has 0 bridgehead atoms. The van der Waals surface area contributed by atoms with Gasteiger partial charge in [0.2, 0.25) is 0 Å². The first kappa shape index (κ1) is 22.8. The highest BCUT2D eigenvalue weighted by Crippen LogP contribution is 2.28. The third-order valence-corrected chi connectivity index (χ3v) is 6.39. The van der Waals surface area contributed by atoms with Crippen molar-refractivity contribution in [3.05, 3.63) is 69.3 Å². The quantitative estimate of drug-likeness (QED) is 0.374. The summed E-state index contributed by atoms with van der Waals surface area (Å²) in [7, 11) is 2.73. The van der Waals surface area contributed by atoms with Crippen LogP contribution in [0.4, 0.5) is 4.79 Å². The first-order valence-electron chi connectivity index (χ1n) is 10.5. The third-order valence-electron chi connectivity index (χ3n) is 5.90. The molecule has 8 heteroatoms. The first-order valence-corrected chi connectivity index (χ1v) is 11.3. The summed E-state index contributed by atoms with van der Waals surface area (Å²) in [5, 5.41) is 0.880. The van der Waals surface area contributed by atoms with Gasteiger partial charge in [-0.25, -0.2) is 4.79 Å². The normalized spacial score (nSPS) is 14.5. The fourth-order valence-corrected chi connectivity index (χ4v) is 4.15. The van der Waals surface area contributed by atoms with Gasteiger partial charge in [-0.2, -0.15) is 0 Å². The van der Waals surface area contributed by atoms with Crippen molar-refractivity contribution in [1.29, 1.82) is 0 Å². The lowest BCUT2D eigenvalue weighted by atomic mass is 10.1. The highest BCUT2D eigenvalue weighted by atomic mass is 79.9. The first-order chi connectivity index (χ1) is 15.7. The standard InChI is InChI=1S/C25H24BrN3O4/c1-15-5-7-19(11-16(15)2)33-10-9-29-14-17(20-13-18(26)6-8-22(20)29)12-21-23(30)27(3)25(32)28(4)24(21)31/h5-8,11-14H,9-10H2,1-4H3. The molecule has 7 nitrogen and oxygen atoms in total. The lowest BCUT2D eigenvalue weighted by Gasteiger charge is -2.28. The van der Waals surface area contributed by atoms with Gasteiger partial charge in [-0.05, 0) is 61.4 Å². The average molecular weight is 510 g/mol. The molecule has 0 saturated carbocycles. The topological polar surface area (TPSA) is 71.8 Å². The minimum Gasteiger partial charge on any atom is -0.492 e. The van der Waals surface area contributed by atoms with E-state index in [0.29, 0.717) is 18.7 Å². The number of benzene rings is 2. The van der Waals surface area contributed by atoms with Crippen LogP contribution in [0, 0.1) is 13.8 Å². The zero-order valence-corrected chi connectivity index (χ0v) is 20.5. The number of barbiturate groups is 1. The van der Waals surface area contributed by atoms with E-state index >= 15 is 0 Å². The number of aryl methyl sites for hydroxylation is 2. The summed E-state index contributed by atoms with van der Waals surface area (Å²) >= 11 is 3.50. The van der Waals surface area contributed by atoms with Crippen LogP contribution in [0.5, 0.6) is 5.75 Å². The number of nitrogens with zero attached hydrogens (tertiary/aromatic N) is 3. The van der Waals surface area contributed by atoms with Crippen molar-refractivity contribution in [3.63, 3.8) is 0 Å². The Hall–Kier alpha value is -3.39. The summed E-state index contributed by atoms with van der Waals surface area (Å²) in [4.78, 5) is 39.2. The van der Waals surface area contributed by atoms with Crippen molar-refractivity contribution >= 4 is 50.8 Å². The predicted molar refractivity (Wildman–Crippen MR) is 130 cm³/mol. The number of urea groups is 1. The molecule has 2 heterocycles. The Morgan fingerprint density at radius 1 is 0.939 bits per heavy atom. The second-order valence-corrected chi connectivity index (χ2v) is 9.02. The van der Waals surface area contributed by atoms with Gasteiger partial charge in [0.25, 0.3) is 11.8 Å². The van der Waals surface area contributed by atoms with E-state index in [1.165, 1.54) is 25.2 Å². The van der Waals surface area contributed by atoms with Crippen molar-refractivity contribution < 1.29 is 19.1 Å². The zero-order chi connectivity index (χ0) is 23.9. The van der Waals surface area contributed by atoms with E-state index in [0.717, 1.165) is 30.9 Å². The molecule has 3 aromatic rings. The maximum absolute atomic E-state index is 12.6. The lowest BCUT2D eigenvalue weighted by Crippen LogP contribution is -2.52. The van der Waals surface area contributed by atoms with Crippen LogP contribution in [0.15, 0.2) is 52.6 Å². The summed E-state index contributed by atoms with van der Waals surface area (Å²) < 4.78 is 8.86. The van der Waals surface area contributed by atoms with E-state index in [-0.39, 0.29) is 5.57 Å². The smallest absolute Gasteiger partial charge is 0.333 e. The highest BCUT2D eigenvalue weighted by molar-refractivity contribution is 9.10. The van der Waals surface area contributed by atoms with E-state index in [4.69, 9.17) is 4.74 Å². The van der Waals surface area contributed by atoms with Crippen LogP contribution in [-0.4, -0.2) is 52.9 Å². The molecule has 170 valence electrons. The van der Waals surface area contributed by atoms with Crippen molar-refractivity contribution in [2.75, 3.05) is 20.7 Å². The Bertz CT molecular complexity index is 1300. The fourth-order valence-electron chi connectivity index (χ4n) is 3.79. The zero-order valence-electron chi connectivity index (χ0n) is 18.9. The number of fused-ring (bicyclic) bond motifs is 1. The van der Waals surface area contributed by atoms with Gasteiger partial charge in [0.05, 0.1) is 6.54 Å². The Labute approximate surface area is 200 Å². The van der Waals surface area contributed by atoms with Crippen LogP contribution in [0.2, 0.25) is 0 Å². The molecule has 0 aliphatic carbocycles. The minimum absolute atomic E-state index is 0.0509. The number of hydrogen-bond acceptors (Lipinski definition) is 4. The molecule has 1 fully saturated rings. The van der Waals surface area contributed by atoms with E-state index in [9.17, 15) is 14.4 Å². The Morgan fingerprint density at radius 2 is 1.64 bits per heavy atom. The molecule has 33 heavy (non-hydrogen) atoms. The molecule has 1 aliphatic heterocycles. The Morgan fingerprint density at radius 3 is 2.30 bits per heavy atom. The summed E-state index contributed by atoms with van der Waals surface area (Å²) in [6.45, 7) is 5.15. The minimum atomic E-state index is -0.643. The van der Waals surface area contributed by atoms with Crippen molar-refractivity contribution in [3.8, 4) is 5.75 Å². The maximum Gasteiger partial charge on any atom is 0.333 e. The van der Waals surface area contributed by atoms with Crippen molar-refractivity contribution in [2.45, 2.75) is 20.4 Å². The summed E-state index contributed by atoms with van der Waals surface area (Å²) in [5.41, 5.74) is 4.00. The van der Waals surface area contributed by atoms with E-state index < -0.39 is 17.8 Å². The van der Waals surface area contributed by atoms with Gasteiger partial charge < -0.3 is 9.30 Å². The van der Waals surface area contributed by atoms with Gasteiger partial charge >= 0.3 is 6.03 Å². The number of aromatic nitrogens is 1. The SMILES string of the molecule is Cc1ccc(OCCn2cc(C=C3C(=O)N(C)C(=O)N(C)C3=O)c3cc(Br)ccc32)cc1C. The van der Waals surface area contributed by atoms with Crippen LogP contribution in [-0.2, 0) is 16.1 Å². The number of hydrogen-bond donors (Lipinski definition) is 0. The average Bonchev–Trinajstić information content (AvgIpc) is 3.12. The Balaban J connectivity index is 1.66. The molecule has 4 amide bonds. The van der Waals surface area contributed by atoms with Gasteiger partial charge in [0.15, 0.2) is 0 Å². The number of rotatable bonds is 5. The van der Waals surface area contributed by atoms with Crippen molar-refractivity contribution in [1.82, 2.24) is 14.4 Å². The fraction of sp³-hybridized carbons (Fsp3) is 0.240. The van der Waals surface area contributed by atoms with Crippen LogP contribution >= 0.6 is 15.9 Å². The molecule has 1 aliphatic rings. The number of amides is 4. The van der Waals surface area contributed by atoms with Crippen LogP contribution in [0.3, 0.4) is 0 Å². The monoisotopic (exact) mass is 509 g/mol. The number of likely N-dealkylation sites (N-methyl/N-ethyl adjacent to an activating group) is 2. The molecule has 1 saturated heterocycles. The van der Waals surface area contributed by atoms with Crippen LogP contribution < -0.4 is 4.74 Å². The van der Waals surface area contributed by atoms with Crippen molar-refractivity contribution in [2.24, 2.45) is 0 Å². The van der Waals surface area contributed by atoms with Crippen LogP contribution in [0.25, 0.3) is 17.0 Å². The van der Waals surface area contributed by atoms with Crippen LogP contribution in [0.1, 0.15) is 16.7 Å². The number of carbonyl (C=O) groups excluding carboxylic acids is 3. The largest absolute Gasteiger partial charge is 0.492 e. The summed E-state index contributed by atoms with van der Waals surface area (Å²) in [6, 6.07) is 11.2. The van der Waals surface area contributed by atoms with E-state index in [2.05, 4.69) is 29.8 Å². The van der Waals surface area contributed by atoms with Gasteiger partial charge in [0.1, 0.15) is 17.9 Å². The lowest BCUT2D eigenvalue weighted by molar-refractivity contribution is -0.134. The number of imide groups is 2. The third kappa shape index (κ3) is 4.30. The number of halogens is 1.